The number of hydrogen-bond donors (Lipinski definition) is 1. The Kier molecular flexibility index (Phi) is 5.65. The third-order valence-electron chi connectivity index (χ3n) is 5.68. The lowest BCUT2D eigenvalue weighted by atomic mass is 9.99. The first-order valence-corrected chi connectivity index (χ1v) is 10.1. The van der Waals surface area contributed by atoms with E-state index in [-0.39, 0.29) is 17.7 Å². The Morgan fingerprint density at radius 3 is 2.67 bits per heavy atom. The van der Waals surface area contributed by atoms with Gasteiger partial charge in [-0.15, -0.1) is 0 Å². The van der Waals surface area contributed by atoms with Crippen LogP contribution in [0.4, 0.5) is 0 Å². The molecule has 6 heteroatoms. The van der Waals surface area contributed by atoms with Crippen LogP contribution in [0.2, 0.25) is 0 Å². The van der Waals surface area contributed by atoms with Gasteiger partial charge in [0.1, 0.15) is 5.75 Å². The SMILES string of the molecule is CNC(=O)c1cc([C@@H]2CCN(C(=O)Cc3ccc(OC)cc3)C2)nc2ccccc12. The lowest BCUT2D eigenvalue weighted by Crippen LogP contribution is -2.30. The normalized spacial score (nSPS) is 15.9. The highest BCUT2D eigenvalue weighted by Gasteiger charge is 2.29. The van der Waals surface area contributed by atoms with Crippen LogP contribution in [0.3, 0.4) is 0 Å². The molecule has 0 bridgehead atoms. The fourth-order valence-corrected chi connectivity index (χ4v) is 3.99. The summed E-state index contributed by atoms with van der Waals surface area (Å²) >= 11 is 0. The summed E-state index contributed by atoms with van der Waals surface area (Å²) in [6.45, 7) is 1.32. The zero-order chi connectivity index (χ0) is 21.1. The molecule has 2 amide bonds. The summed E-state index contributed by atoms with van der Waals surface area (Å²) in [4.78, 5) is 31.9. The molecule has 30 heavy (non-hydrogen) atoms. The summed E-state index contributed by atoms with van der Waals surface area (Å²) in [5, 5.41) is 3.55. The van der Waals surface area contributed by atoms with Crippen molar-refractivity contribution in [2.45, 2.75) is 18.8 Å². The minimum atomic E-state index is -0.125. The number of pyridine rings is 1. The van der Waals surface area contributed by atoms with E-state index >= 15 is 0 Å². The van der Waals surface area contributed by atoms with E-state index in [1.807, 2.05) is 59.5 Å². The van der Waals surface area contributed by atoms with E-state index in [2.05, 4.69) is 5.32 Å². The zero-order valence-electron chi connectivity index (χ0n) is 17.2. The van der Waals surface area contributed by atoms with Gasteiger partial charge >= 0.3 is 0 Å². The van der Waals surface area contributed by atoms with Crippen molar-refractivity contribution in [3.8, 4) is 5.75 Å². The molecule has 1 aliphatic heterocycles. The number of ether oxygens (including phenoxy) is 1. The van der Waals surface area contributed by atoms with Gasteiger partial charge in [0.25, 0.3) is 5.91 Å². The fourth-order valence-electron chi connectivity index (χ4n) is 3.99. The van der Waals surface area contributed by atoms with E-state index in [4.69, 9.17) is 9.72 Å². The van der Waals surface area contributed by atoms with Crippen molar-refractivity contribution in [3.05, 3.63) is 71.4 Å². The predicted octanol–water partition coefficient (Wildman–Crippen LogP) is 3.16. The number of carbonyl (C=O) groups excluding carboxylic acids is 2. The number of para-hydroxylation sites is 1. The molecule has 1 aliphatic rings. The minimum Gasteiger partial charge on any atom is -0.497 e. The average molecular weight is 403 g/mol. The number of fused-ring (bicyclic) bond motifs is 1. The molecule has 0 radical (unpaired) electrons. The van der Waals surface area contributed by atoms with Crippen molar-refractivity contribution in [3.63, 3.8) is 0 Å². The quantitative estimate of drug-likeness (QED) is 0.710. The molecule has 1 fully saturated rings. The maximum Gasteiger partial charge on any atom is 0.251 e. The smallest absolute Gasteiger partial charge is 0.251 e. The number of rotatable bonds is 5. The molecule has 2 aromatic carbocycles. The Labute approximate surface area is 175 Å². The number of likely N-dealkylation sites (tertiary alicyclic amines) is 1. The van der Waals surface area contributed by atoms with E-state index in [1.54, 1.807) is 14.2 Å². The van der Waals surface area contributed by atoms with Crippen molar-refractivity contribution in [1.29, 1.82) is 0 Å². The third-order valence-corrected chi connectivity index (χ3v) is 5.68. The van der Waals surface area contributed by atoms with Crippen LogP contribution < -0.4 is 10.1 Å². The highest BCUT2D eigenvalue weighted by Crippen LogP contribution is 2.29. The van der Waals surface area contributed by atoms with Crippen molar-refractivity contribution in [2.75, 3.05) is 27.2 Å². The molecular formula is C24H25N3O3. The second kappa shape index (κ2) is 8.53. The number of aromatic nitrogens is 1. The first-order chi connectivity index (χ1) is 14.6. The molecule has 0 saturated carbocycles. The number of benzene rings is 2. The average Bonchev–Trinajstić information content (AvgIpc) is 3.29. The summed E-state index contributed by atoms with van der Waals surface area (Å²) in [5.41, 5.74) is 3.26. The molecule has 1 atom stereocenters. The lowest BCUT2D eigenvalue weighted by molar-refractivity contribution is -0.129. The molecule has 1 saturated heterocycles. The lowest BCUT2D eigenvalue weighted by Gasteiger charge is -2.17. The van der Waals surface area contributed by atoms with E-state index < -0.39 is 0 Å². The number of methoxy groups -OCH3 is 1. The largest absolute Gasteiger partial charge is 0.497 e. The molecule has 0 aliphatic carbocycles. The summed E-state index contributed by atoms with van der Waals surface area (Å²) in [6, 6.07) is 17.1. The Morgan fingerprint density at radius 1 is 1.17 bits per heavy atom. The Bertz CT molecular complexity index is 1080. The molecule has 1 N–H and O–H groups in total. The standard InChI is InChI=1S/C24H25N3O3/c1-25-24(29)20-14-22(26-21-6-4-3-5-19(20)21)17-11-12-27(15-17)23(28)13-16-7-9-18(30-2)10-8-16/h3-10,14,17H,11-13,15H2,1-2H3,(H,25,29)/t17-/m1/s1. The van der Waals surface area contributed by atoms with Gasteiger partial charge in [0, 0.05) is 37.1 Å². The molecule has 0 unspecified atom stereocenters. The minimum absolute atomic E-state index is 0.106. The van der Waals surface area contributed by atoms with Gasteiger partial charge in [-0.3, -0.25) is 14.6 Å². The van der Waals surface area contributed by atoms with Crippen molar-refractivity contribution >= 4 is 22.7 Å². The monoisotopic (exact) mass is 403 g/mol. The summed E-state index contributed by atoms with van der Waals surface area (Å²) in [7, 11) is 3.26. The highest BCUT2D eigenvalue weighted by atomic mass is 16.5. The molecule has 1 aromatic heterocycles. The molecule has 4 rings (SSSR count). The highest BCUT2D eigenvalue weighted by molar-refractivity contribution is 6.06. The van der Waals surface area contributed by atoms with Crippen LogP contribution in [-0.2, 0) is 11.2 Å². The van der Waals surface area contributed by atoms with Crippen LogP contribution in [0.1, 0.15) is 34.0 Å². The third kappa shape index (κ3) is 3.99. The van der Waals surface area contributed by atoms with Crippen molar-refractivity contribution in [2.24, 2.45) is 0 Å². The van der Waals surface area contributed by atoms with Crippen LogP contribution in [0.25, 0.3) is 10.9 Å². The summed E-state index contributed by atoms with van der Waals surface area (Å²) < 4.78 is 5.17. The number of nitrogens with one attached hydrogen (secondary N) is 1. The Hall–Kier alpha value is -3.41. The number of carbonyl (C=O) groups is 2. The van der Waals surface area contributed by atoms with Gasteiger partial charge in [-0.2, -0.15) is 0 Å². The van der Waals surface area contributed by atoms with Gasteiger partial charge in [0.05, 0.1) is 24.6 Å². The van der Waals surface area contributed by atoms with E-state index in [1.165, 1.54) is 0 Å². The van der Waals surface area contributed by atoms with Crippen LogP contribution in [0.15, 0.2) is 54.6 Å². The van der Waals surface area contributed by atoms with Crippen LogP contribution in [-0.4, -0.2) is 48.9 Å². The van der Waals surface area contributed by atoms with E-state index in [0.29, 0.717) is 25.1 Å². The number of amides is 2. The molecule has 2 heterocycles. The Balaban J connectivity index is 1.51. The number of hydrogen-bond acceptors (Lipinski definition) is 4. The van der Waals surface area contributed by atoms with E-state index in [0.717, 1.165) is 34.3 Å². The molecule has 0 spiro atoms. The van der Waals surface area contributed by atoms with Gasteiger partial charge in [-0.05, 0) is 36.2 Å². The number of nitrogens with zero attached hydrogens (tertiary/aromatic N) is 2. The summed E-state index contributed by atoms with van der Waals surface area (Å²) in [5.74, 6) is 0.884. The second-order valence-corrected chi connectivity index (χ2v) is 7.54. The van der Waals surface area contributed by atoms with Gasteiger partial charge < -0.3 is 15.0 Å². The van der Waals surface area contributed by atoms with Crippen LogP contribution in [0, 0.1) is 0 Å². The molecule has 3 aromatic rings. The maximum atomic E-state index is 12.8. The topological polar surface area (TPSA) is 71.5 Å². The van der Waals surface area contributed by atoms with Gasteiger partial charge in [-0.1, -0.05) is 30.3 Å². The first kappa shape index (κ1) is 19.9. The molecular weight excluding hydrogens is 378 g/mol. The molecule has 154 valence electrons. The maximum absolute atomic E-state index is 12.8. The van der Waals surface area contributed by atoms with Crippen molar-refractivity contribution < 1.29 is 14.3 Å². The van der Waals surface area contributed by atoms with Gasteiger partial charge in [-0.25, -0.2) is 0 Å². The van der Waals surface area contributed by atoms with Crippen molar-refractivity contribution in [1.82, 2.24) is 15.2 Å². The second-order valence-electron chi connectivity index (χ2n) is 7.54. The zero-order valence-corrected chi connectivity index (χ0v) is 17.2. The van der Waals surface area contributed by atoms with Gasteiger partial charge in [0.2, 0.25) is 5.91 Å². The van der Waals surface area contributed by atoms with Crippen LogP contribution >= 0.6 is 0 Å². The Morgan fingerprint density at radius 2 is 1.93 bits per heavy atom. The summed E-state index contributed by atoms with van der Waals surface area (Å²) in [6.07, 6.45) is 1.21. The fraction of sp³-hybridized carbons (Fsp3) is 0.292. The van der Waals surface area contributed by atoms with E-state index in [9.17, 15) is 9.59 Å². The van der Waals surface area contributed by atoms with Gasteiger partial charge in [0.15, 0.2) is 0 Å². The molecule has 6 nitrogen and oxygen atoms in total. The van der Waals surface area contributed by atoms with Crippen LogP contribution in [0.5, 0.6) is 5.75 Å². The first-order valence-electron chi connectivity index (χ1n) is 10.1. The predicted molar refractivity (Wildman–Crippen MR) is 116 cm³/mol.